The molecule has 7 rings (SSSR count). The van der Waals surface area contributed by atoms with Crippen molar-refractivity contribution < 1.29 is 57.7 Å². The molecule has 398 valence electrons. The molecule has 4 aromatic rings. The van der Waals surface area contributed by atoms with Crippen LogP contribution >= 0.6 is 11.3 Å². The minimum absolute atomic E-state index is 0.00283. The number of rotatable bonds is 20. The van der Waals surface area contributed by atoms with E-state index in [2.05, 4.69) is 31.6 Å². The Bertz CT molecular complexity index is 2920. The van der Waals surface area contributed by atoms with Crippen molar-refractivity contribution >= 4 is 58.5 Å². The van der Waals surface area contributed by atoms with Crippen LogP contribution < -0.4 is 37.1 Å². The molecule has 22 heteroatoms. The number of aromatic hydroxyl groups is 1. The third-order valence-corrected chi connectivity index (χ3v) is 14.3. The zero-order valence-corrected chi connectivity index (χ0v) is 43.1. The fraction of sp³-hybridized carbons (Fsp3) is 0.415. The molecule has 4 atom stereocenters. The van der Waals surface area contributed by atoms with E-state index in [1.54, 1.807) is 44.5 Å². The topological polar surface area (TPSA) is 292 Å². The second kappa shape index (κ2) is 23.2. The van der Waals surface area contributed by atoms with Gasteiger partial charge in [0.05, 0.1) is 40.3 Å². The number of nitrogens with one attached hydrogen (secondary N) is 5. The number of hydrogen-bond donors (Lipinski definition) is 8. The summed E-state index contributed by atoms with van der Waals surface area (Å²) < 4.78 is 20.6. The summed E-state index contributed by atoms with van der Waals surface area (Å²) in [6.45, 7) is 5.67. The van der Waals surface area contributed by atoms with Crippen LogP contribution in [0.3, 0.4) is 0 Å². The van der Waals surface area contributed by atoms with Gasteiger partial charge < -0.3 is 57.1 Å². The quantitative estimate of drug-likeness (QED) is 0.0467. The highest BCUT2D eigenvalue weighted by atomic mass is 32.1. The van der Waals surface area contributed by atoms with Gasteiger partial charge in [0.25, 0.3) is 23.6 Å². The summed E-state index contributed by atoms with van der Waals surface area (Å²) in [5.74, 6) is -5.49. The number of likely N-dealkylation sites (N-methyl/N-ethyl adjacent to an activating group) is 1. The van der Waals surface area contributed by atoms with Crippen LogP contribution in [-0.4, -0.2) is 136 Å². The molecule has 2 fully saturated rings. The highest BCUT2D eigenvalue weighted by Gasteiger charge is 2.53. The number of ketones is 1. The van der Waals surface area contributed by atoms with Crippen molar-refractivity contribution in [1.29, 1.82) is 0 Å². The Balaban J connectivity index is 0.880. The zero-order valence-electron chi connectivity index (χ0n) is 42.3. The van der Waals surface area contributed by atoms with Gasteiger partial charge in [0.1, 0.15) is 29.3 Å². The van der Waals surface area contributed by atoms with Crippen LogP contribution in [0.2, 0.25) is 0 Å². The number of likely N-dealkylation sites (tertiary alicyclic amines) is 1. The predicted octanol–water partition coefficient (Wildman–Crippen LogP) is 2.65. The zero-order chi connectivity index (χ0) is 54.4. The molecule has 3 aliphatic rings. The van der Waals surface area contributed by atoms with E-state index in [-0.39, 0.29) is 74.1 Å². The first kappa shape index (κ1) is 55.0. The Morgan fingerprint density at radius 1 is 1.01 bits per heavy atom. The van der Waals surface area contributed by atoms with Gasteiger partial charge in [-0.15, -0.1) is 11.3 Å². The highest BCUT2D eigenvalue weighted by molar-refractivity contribution is 7.13. The molecule has 1 aliphatic heterocycles. The normalized spacial score (nSPS) is 18.0. The van der Waals surface area contributed by atoms with Gasteiger partial charge in [0.15, 0.2) is 18.1 Å². The number of halogens is 1. The number of aromatic nitrogens is 1. The molecule has 3 aromatic carbocycles. The van der Waals surface area contributed by atoms with E-state index in [1.165, 1.54) is 40.3 Å². The summed E-state index contributed by atoms with van der Waals surface area (Å²) in [5, 5.41) is 34.6. The number of benzene rings is 3. The molecule has 9 N–H and O–H groups in total. The van der Waals surface area contributed by atoms with Gasteiger partial charge >= 0.3 is 0 Å². The van der Waals surface area contributed by atoms with Crippen LogP contribution in [0.25, 0.3) is 10.4 Å². The number of amides is 7. The van der Waals surface area contributed by atoms with Gasteiger partial charge in [-0.1, -0.05) is 57.2 Å². The lowest BCUT2D eigenvalue weighted by Gasteiger charge is -2.35. The lowest BCUT2D eigenvalue weighted by Crippen LogP contribution is -2.59. The Labute approximate surface area is 436 Å². The number of allylic oxidation sites excluding steroid dienone is 1. The number of hydrogen-bond acceptors (Lipinski definition) is 14. The molecule has 0 bridgehead atoms. The lowest BCUT2D eigenvalue weighted by atomic mass is 9.85. The molecule has 1 saturated heterocycles. The number of carbonyl (C=O) groups excluding carboxylic acids is 8. The number of aliphatic hydroxyl groups is 1. The first-order chi connectivity index (χ1) is 35.5. The van der Waals surface area contributed by atoms with Gasteiger partial charge in [-0.05, 0) is 79.0 Å². The summed E-state index contributed by atoms with van der Waals surface area (Å²) in [7, 11) is 1.45. The number of alkyl halides is 1. The fourth-order valence-corrected chi connectivity index (χ4v) is 9.59. The molecule has 0 spiro atoms. The number of carbonyl (C=O) groups is 8. The van der Waals surface area contributed by atoms with Crippen LogP contribution in [0.1, 0.15) is 95.6 Å². The maximum absolute atomic E-state index is 14.6. The van der Waals surface area contributed by atoms with Crippen molar-refractivity contribution in [2.75, 3.05) is 39.8 Å². The standard InChI is InChI=1S/C53H62FN9O11S/c1-29-45(75-28-59-29)32-10-11-33(24-58-48(70)39-22-34(64)26-63(39)50(72)46(52(2,3)4)61-51(73)53(54)16-17-53)42(21-32)74-27-44(68)57-25-43(67)56-18-19-62(5)49(71)36-14-12-31(20-41(36)66)40(65)23-37(55)47(69)60-38-15-13-30-8-6-7-9-35(30)38/h6-12,14,20-21,23,28,34,38-39,46,64,66H,13,15-19,22,24-27,55H2,1-5H3,(H,56,67)(H,57,68)(H,58,70)(H,60,69)(H,61,73)/b37-23-/t34-,38?,39+,46-/m1/s1. The van der Waals surface area contributed by atoms with Crippen LogP contribution in [0.5, 0.6) is 11.5 Å². The number of phenols is 1. The van der Waals surface area contributed by atoms with Crippen LogP contribution in [0, 0.1) is 12.3 Å². The van der Waals surface area contributed by atoms with Gasteiger partial charge in [0, 0.05) is 56.9 Å². The number of fused-ring (bicyclic) bond motifs is 1. The van der Waals surface area contributed by atoms with Crippen molar-refractivity contribution in [3.05, 3.63) is 111 Å². The number of β-amino-alcohol motifs (C(OH)–C–C–N with tert-alkyl or cyclic N) is 1. The SMILES string of the molecule is Cc1ncsc1-c1ccc(CNC(=O)[C@@H]2C[C@@H](O)CN2C(=O)[C@@H](NC(=O)C2(F)CC2)C(C)(C)C)c(OCC(=O)NCC(=O)NCCN(C)C(=O)c2ccc(C(=O)/C=C(\N)C(=O)NC3CCc4ccccc43)cc2O)c1. The number of aryl methyl sites for hydroxylation is 2. The second-order valence-electron chi connectivity index (χ2n) is 20.0. The Kier molecular flexibility index (Phi) is 17.0. The Morgan fingerprint density at radius 3 is 2.45 bits per heavy atom. The van der Waals surface area contributed by atoms with Crippen LogP contribution in [-0.2, 0) is 41.7 Å². The molecule has 1 saturated carbocycles. The fourth-order valence-electron chi connectivity index (χ4n) is 8.78. The predicted molar refractivity (Wildman–Crippen MR) is 274 cm³/mol. The van der Waals surface area contributed by atoms with Gasteiger partial charge in [-0.2, -0.15) is 0 Å². The molecule has 1 aromatic heterocycles. The number of nitrogens with two attached hydrogens (primary N) is 1. The number of thiazole rings is 1. The van der Waals surface area contributed by atoms with E-state index >= 15 is 0 Å². The number of ether oxygens (including phenoxy) is 1. The smallest absolute Gasteiger partial charge is 0.267 e. The average molecular weight is 1050 g/mol. The first-order valence-electron chi connectivity index (χ1n) is 24.5. The summed E-state index contributed by atoms with van der Waals surface area (Å²) in [4.78, 5) is 113. The van der Waals surface area contributed by atoms with Crippen molar-refractivity contribution in [1.82, 2.24) is 41.4 Å². The summed E-state index contributed by atoms with van der Waals surface area (Å²) in [6.07, 6.45) is 1.47. The number of nitrogens with zero attached hydrogens (tertiary/aromatic N) is 3. The molecule has 0 radical (unpaired) electrons. The third kappa shape index (κ3) is 13.5. The minimum atomic E-state index is -2.03. The molecular weight excluding hydrogens is 990 g/mol. The molecule has 2 heterocycles. The van der Waals surface area contributed by atoms with Gasteiger partial charge in [-0.25, -0.2) is 9.37 Å². The van der Waals surface area contributed by atoms with Crippen molar-refractivity contribution in [3.63, 3.8) is 0 Å². The highest BCUT2D eigenvalue weighted by Crippen LogP contribution is 2.41. The van der Waals surface area contributed by atoms with E-state index in [0.29, 0.717) is 12.0 Å². The molecule has 2 aliphatic carbocycles. The lowest BCUT2D eigenvalue weighted by molar-refractivity contribution is -0.145. The maximum Gasteiger partial charge on any atom is 0.267 e. The number of phenolic OH excluding ortho intramolecular Hbond substituents is 1. The Hall–Kier alpha value is -7.72. The van der Waals surface area contributed by atoms with Crippen LogP contribution in [0.4, 0.5) is 4.39 Å². The third-order valence-electron chi connectivity index (χ3n) is 13.3. The molecule has 75 heavy (non-hydrogen) atoms. The maximum atomic E-state index is 14.6. The number of aliphatic hydroxyl groups excluding tert-OH is 1. The minimum Gasteiger partial charge on any atom is -0.507 e. The van der Waals surface area contributed by atoms with E-state index in [4.69, 9.17) is 10.5 Å². The first-order valence-corrected chi connectivity index (χ1v) is 25.3. The van der Waals surface area contributed by atoms with E-state index in [0.717, 1.165) is 45.8 Å². The van der Waals surface area contributed by atoms with Crippen molar-refractivity contribution in [2.45, 2.75) is 96.2 Å². The summed E-state index contributed by atoms with van der Waals surface area (Å²) in [5.41, 5.74) is 8.37. The Morgan fingerprint density at radius 2 is 1.76 bits per heavy atom. The molecule has 1 unspecified atom stereocenters. The monoisotopic (exact) mass is 1050 g/mol. The van der Waals surface area contributed by atoms with E-state index < -0.39 is 95.3 Å². The summed E-state index contributed by atoms with van der Waals surface area (Å²) >= 11 is 1.39. The average Bonchev–Trinajstić information content (AvgIpc) is 3.61. The molecule has 7 amide bonds. The van der Waals surface area contributed by atoms with Gasteiger partial charge in [-0.3, -0.25) is 38.4 Å². The van der Waals surface area contributed by atoms with Gasteiger partial charge in [0.2, 0.25) is 17.7 Å². The summed E-state index contributed by atoms with van der Waals surface area (Å²) in [6, 6.07) is 14.1. The van der Waals surface area contributed by atoms with Crippen molar-refractivity contribution in [3.8, 4) is 21.9 Å². The van der Waals surface area contributed by atoms with E-state index in [9.17, 15) is 53.0 Å². The van der Waals surface area contributed by atoms with Crippen molar-refractivity contribution in [2.24, 2.45) is 11.1 Å². The molecule has 20 nitrogen and oxygen atoms in total. The second-order valence-corrected chi connectivity index (χ2v) is 20.9. The van der Waals surface area contributed by atoms with E-state index in [1.807, 2.05) is 31.2 Å². The largest absolute Gasteiger partial charge is 0.507 e. The molecular formula is C53H62FN9O11S. The van der Waals surface area contributed by atoms with Crippen LogP contribution in [0.15, 0.2) is 77.9 Å².